The van der Waals surface area contributed by atoms with Crippen LogP contribution in [-0.4, -0.2) is 38.0 Å². The summed E-state index contributed by atoms with van der Waals surface area (Å²) in [6.07, 6.45) is 0.998. The summed E-state index contributed by atoms with van der Waals surface area (Å²) in [5, 5.41) is 3.03. The molecular weight excluding hydrogens is 208 g/mol. The van der Waals surface area contributed by atoms with Crippen LogP contribution in [0.2, 0.25) is 0 Å². The van der Waals surface area contributed by atoms with Crippen molar-refractivity contribution in [1.29, 1.82) is 0 Å². The van der Waals surface area contributed by atoms with Crippen LogP contribution in [0, 0.1) is 0 Å². The maximum Gasteiger partial charge on any atom is 0.263 e. The van der Waals surface area contributed by atoms with Crippen LogP contribution in [0.5, 0.6) is 0 Å². The van der Waals surface area contributed by atoms with Crippen LogP contribution >= 0.6 is 11.3 Å². The van der Waals surface area contributed by atoms with Crippen molar-refractivity contribution >= 4 is 17.2 Å². The van der Waals surface area contributed by atoms with Crippen LogP contribution < -0.4 is 5.32 Å². The molecule has 0 aliphatic rings. The van der Waals surface area contributed by atoms with Gasteiger partial charge in [-0.3, -0.25) is 4.79 Å². The molecule has 0 aliphatic carbocycles. The summed E-state index contributed by atoms with van der Waals surface area (Å²) in [7, 11) is 3.73. The van der Waals surface area contributed by atoms with E-state index in [1.165, 1.54) is 4.88 Å². The number of hydrogen-bond acceptors (Lipinski definition) is 3. The Balaban J connectivity index is 2.59. The van der Waals surface area contributed by atoms with Crippen LogP contribution in [0.1, 0.15) is 21.5 Å². The van der Waals surface area contributed by atoms with Gasteiger partial charge in [-0.1, -0.05) is 6.92 Å². The lowest BCUT2D eigenvalue weighted by atomic mass is 10.3. The van der Waals surface area contributed by atoms with E-state index in [0.717, 1.165) is 24.4 Å². The van der Waals surface area contributed by atoms with Crippen LogP contribution in [-0.2, 0) is 6.42 Å². The van der Waals surface area contributed by atoms with Gasteiger partial charge in [-0.15, -0.1) is 11.3 Å². The van der Waals surface area contributed by atoms with E-state index in [1.54, 1.807) is 16.2 Å². The van der Waals surface area contributed by atoms with Crippen molar-refractivity contribution in [2.75, 3.05) is 27.2 Å². The summed E-state index contributed by atoms with van der Waals surface area (Å²) in [6, 6.07) is 3.95. The fraction of sp³-hybridized carbons (Fsp3) is 0.545. The Morgan fingerprint density at radius 3 is 2.80 bits per heavy atom. The number of aryl methyl sites for hydroxylation is 1. The van der Waals surface area contributed by atoms with Crippen molar-refractivity contribution in [1.82, 2.24) is 10.2 Å². The second kappa shape index (κ2) is 5.88. The first-order valence-corrected chi connectivity index (χ1v) is 5.99. The Kier molecular flexibility index (Phi) is 4.78. The molecule has 0 atom stereocenters. The summed E-state index contributed by atoms with van der Waals surface area (Å²) in [5.41, 5.74) is 0. The highest BCUT2D eigenvalue weighted by Crippen LogP contribution is 2.18. The van der Waals surface area contributed by atoms with Crippen LogP contribution in [0.15, 0.2) is 12.1 Å². The first-order chi connectivity index (χ1) is 7.19. The Morgan fingerprint density at radius 1 is 1.53 bits per heavy atom. The minimum atomic E-state index is 0.120. The summed E-state index contributed by atoms with van der Waals surface area (Å²) in [4.78, 5) is 15.7. The third kappa shape index (κ3) is 3.32. The normalized spacial score (nSPS) is 10.3. The summed E-state index contributed by atoms with van der Waals surface area (Å²) in [5.74, 6) is 0.120. The van der Waals surface area contributed by atoms with Crippen molar-refractivity contribution in [2.24, 2.45) is 0 Å². The molecule has 15 heavy (non-hydrogen) atoms. The lowest BCUT2D eigenvalue weighted by molar-refractivity contribution is 0.0801. The molecule has 1 aromatic rings. The number of hydrogen-bond donors (Lipinski definition) is 1. The van der Waals surface area contributed by atoms with Crippen LogP contribution in [0.4, 0.5) is 0 Å². The van der Waals surface area contributed by atoms with Gasteiger partial charge < -0.3 is 10.2 Å². The minimum Gasteiger partial charge on any atom is -0.340 e. The maximum atomic E-state index is 11.9. The molecule has 4 heteroatoms. The number of thiophene rings is 1. The summed E-state index contributed by atoms with van der Waals surface area (Å²) in [6.45, 7) is 3.67. The van der Waals surface area contributed by atoms with Crippen molar-refractivity contribution in [3.05, 3.63) is 21.9 Å². The van der Waals surface area contributed by atoms with E-state index in [9.17, 15) is 4.79 Å². The second-order valence-electron chi connectivity index (χ2n) is 3.45. The number of amides is 1. The molecular formula is C11H18N2OS. The van der Waals surface area contributed by atoms with Crippen molar-refractivity contribution in [2.45, 2.75) is 13.3 Å². The van der Waals surface area contributed by atoms with E-state index >= 15 is 0 Å². The van der Waals surface area contributed by atoms with Gasteiger partial charge in [0.25, 0.3) is 5.91 Å². The molecule has 84 valence electrons. The topological polar surface area (TPSA) is 32.3 Å². The van der Waals surface area contributed by atoms with Gasteiger partial charge >= 0.3 is 0 Å². The highest BCUT2D eigenvalue weighted by Gasteiger charge is 2.12. The van der Waals surface area contributed by atoms with E-state index in [0.29, 0.717) is 0 Å². The van der Waals surface area contributed by atoms with Gasteiger partial charge in [-0.2, -0.15) is 0 Å². The zero-order valence-corrected chi connectivity index (χ0v) is 10.4. The molecule has 0 radical (unpaired) electrons. The largest absolute Gasteiger partial charge is 0.340 e. The molecule has 0 saturated carbocycles. The van der Waals surface area contributed by atoms with Gasteiger partial charge in [0, 0.05) is 25.0 Å². The van der Waals surface area contributed by atoms with Crippen molar-refractivity contribution in [3.63, 3.8) is 0 Å². The zero-order valence-electron chi connectivity index (χ0n) is 9.54. The average molecular weight is 226 g/mol. The van der Waals surface area contributed by atoms with Gasteiger partial charge in [0.05, 0.1) is 4.88 Å². The average Bonchev–Trinajstić information content (AvgIpc) is 2.73. The molecule has 1 N–H and O–H groups in total. The lowest BCUT2D eigenvalue weighted by Gasteiger charge is -2.15. The number of carbonyl (C=O) groups is 1. The fourth-order valence-electron chi connectivity index (χ4n) is 1.25. The lowest BCUT2D eigenvalue weighted by Crippen LogP contribution is -2.32. The molecule has 1 aromatic heterocycles. The van der Waals surface area contributed by atoms with Crippen molar-refractivity contribution < 1.29 is 4.79 Å². The molecule has 0 saturated heterocycles. The minimum absolute atomic E-state index is 0.120. The molecule has 0 fully saturated rings. The van der Waals surface area contributed by atoms with Gasteiger partial charge in [-0.25, -0.2) is 0 Å². The number of rotatable bonds is 5. The van der Waals surface area contributed by atoms with Crippen LogP contribution in [0.25, 0.3) is 0 Å². The van der Waals surface area contributed by atoms with Gasteiger partial charge in [0.2, 0.25) is 0 Å². The first-order valence-electron chi connectivity index (χ1n) is 5.17. The number of nitrogens with zero attached hydrogens (tertiary/aromatic N) is 1. The smallest absolute Gasteiger partial charge is 0.263 e. The Labute approximate surface area is 95.1 Å². The molecule has 3 nitrogen and oxygen atoms in total. The summed E-state index contributed by atoms with van der Waals surface area (Å²) >= 11 is 1.59. The summed E-state index contributed by atoms with van der Waals surface area (Å²) < 4.78 is 0. The predicted molar refractivity (Wildman–Crippen MR) is 64.6 cm³/mol. The Bertz CT molecular complexity index is 322. The molecule has 1 rings (SSSR count). The third-order valence-corrected chi connectivity index (χ3v) is 3.48. The standard InChI is InChI=1S/C11H18N2OS/c1-4-9-5-6-10(15-9)11(14)13(3)8-7-12-2/h5-6,12H,4,7-8H2,1-3H3. The second-order valence-corrected chi connectivity index (χ2v) is 4.62. The first kappa shape index (κ1) is 12.2. The highest BCUT2D eigenvalue weighted by atomic mass is 32.1. The monoisotopic (exact) mass is 226 g/mol. The molecule has 0 spiro atoms. The molecule has 0 unspecified atom stereocenters. The van der Waals surface area contributed by atoms with Gasteiger partial charge in [0.1, 0.15) is 0 Å². The van der Waals surface area contributed by atoms with Gasteiger partial charge in [-0.05, 0) is 25.6 Å². The van der Waals surface area contributed by atoms with E-state index < -0.39 is 0 Å². The molecule has 0 aromatic carbocycles. The van der Waals surface area contributed by atoms with E-state index in [1.807, 2.05) is 26.2 Å². The SMILES string of the molecule is CCc1ccc(C(=O)N(C)CCNC)s1. The fourth-order valence-corrected chi connectivity index (χ4v) is 2.19. The maximum absolute atomic E-state index is 11.9. The van der Waals surface area contributed by atoms with E-state index in [-0.39, 0.29) is 5.91 Å². The third-order valence-electron chi connectivity index (χ3n) is 2.26. The Morgan fingerprint density at radius 2 is 2.27 bits per heavy atom. The molecule has 1 heterocycles. The molecule has 0 bridgehead atoms. The highest BCUT2D eigenvalue weighted by molar-refractivity contribution is 7.14. The van der Waals surface area contributed by atoms with Crippen LogP contribution in [0.3, 0.4) is 0 Å². The predicted octanol–water partition coefficient (Wildman–Crippen LogP) is 1.60. The Hall–Kier alpha value is -0.870. The van der Waals surface area contributed by atoms with Crippen molar-refractivity contribution in [3.8, 4) is 0 Å². The van der Waals surface area contributed by atoms with E-state index in [4.69, 9.17) is 0 Å². The quantitative estimate of drug-likeness (QED) is 0.827. The van der Waals surface area contributed by atoms with Gasteiger partial charge in [0.15, 0.2) is 0 Å². The number of carbonyl (C=O) groups excluding carboxylic acids is 1. The molecule has 1 amide bonds. The van der Waals surface area contributed by atoms with E-state index in [2.05, 4.69) is 12.2 Å². The number of likely N-dealkylation sites (N-methyl/N-ethyl adjacent to an activating group) is 2. The number of nitrogens with one attached hydrogen (secondary N) is 1. The molecule has 0 aliphatic heterocycles. The zero-order chi connectivity index (χ0) is 11.3.